The smallest absolute Gasteiger partial charge is 0.260 e. The molecule has 0 radical (unpaired) electrons. The van der Waals surface area contributed by atoms with Crippen LogP contribution in [0.2, 0.25) is 0 Å². The van der Waals surface area contributed by atoms with Crippen LogP contribution in [0.1, 0.15) is 11.1 Å². The van der Waals surface area contributed by atoms with E-state index >= 15 is 0 Å². The standard InChI is InChI=1S/C9H9F4NS/c1-15-14-5-6-2-7(9(11,12)13)4-8(10)3-6/h2-4,14H,5H2,1H3. The molecule has 1 nitrogen and oxygen atoms in total. The molecule has 1 aromatic rings. The summed E-state index contributed by atoms with van der Waals surface area (Å²) < 4.78 is 52.4. The molecule has 0 saturated carbocycles. The zero-order valence-corrected chi connectivity index (χ0v) is 8.68. The quantitative estimate of drug-likeness (QED) is 0.642. The topological polar surface area (TPSA) is 12.0 Å². The van der Waals surface area contributed by atoms with Crippen LogP contribution in [-0.4, -0.2) is 6.26 Å². The molecule has 0 spiro atoms. The van der Waals surface area contributed by atoms with Crippen molar-refractivity contribution in [2.45, 2.75) is 12.7 Å². The van der Waals surface area contributed by atoms with Gasteiger partial charge in [-0.2, -0.15) is 13.2 Å². The summed E-state index contributed by atoms with van der Waals surface area (Å²) in [5.74, 6) is -0.872. The average Bonchev–Trinajstić information content (AvgIpc) is 2.12. The van der Waals surface area contributed by atoms with Crippen LogP contribution >= 0.6 is 11.9 Å². The highest BCUT2D eigenvalue weighted by molar-refractivity contribution is 7.96. The monoisotopic (exact) mass is 239 g/mol. The van der Waals surface area contributed by atoms with Gasteiger partial charge in [0.1, 0.15) is 5.82 Å². The largest absolute Gasteiger partial charge is 0.416 e. The van der Waals surface area contributed by atoms with Crippen molar-refractivity contribution in [1.82, 2.24) is 4.72 Å². The lowest BCUT2D eigenvalue weighted by molar-refractivity contribution is -0.137. The molecule has 1 rings (SSSR count). The van der Waals surface area contributed by atoms with Crippen LogP contribution in [0.4, 0.5) is 17.6 Å². The lowest BCUT2D eigenvalue weighted by Crippen LogP contribution is -2.09. The molecule has 0 atom stereocenters. The maximum atomic E-state index is 12.9. The number of hydrogen-bond donors (Lipinski definition) is 1. The van der Waals surface area contributed by atoms with E-state index in [4.69, 9.17) is 0 Å². The molecular formula is C9H9F4NS. The third kappa shape index (κ3) is 3.71. The van der Waals surface area contributed by atoms with Crippen molar-refractivity contribution in [3.63, 3.8) is 0 Å². The minimum absolute atomic E-state index is 0.196. The Kier molecular flexibility index (Phi) is 3.98. The van der Waals surface area contributed by atoms with Crippen molar-refractivity contribution in [2.75, 3.05) is 6.26 Å². The highest BCUT2D eigenvalue weighted by atomic mass is 32.2. The summed E-state index contributed by atoms with van der Waals surface area (Å²) in [5, 5.41) is 0. The fraction of sp³-hybridized carbons (Fsp3) is 0.333. The van der Waals surface area contributed by atoms with E-state index in [0.29, 0.717) is 6.07 Å². The molecule has 0 aromatic heterocycles. The zero-order valence-electron chi connectivity index (χ0n) is 7.86. The first-order valence-electron chi connectivity index (χ1n) is 4.06. The van der Waals surface area contributed by atoms with Gasteiger partial charge in [-0.25, -0.2) is 4.39 Å². The van der Waals surface area contributed by atoms with Gasteiger partial charge in [0.2, 0.25) is 0 Å². The minimum atomic E-state index is -4.50. The van der Waals surface area contributed by atoms with E-state index in [9.17, 15) is 17.6 Å². The Labute approximate surface area is 89.0 Å². The summed E-state index contributed by atoms with van der Waals surface area (Å²) in [4.78, 5) is 0. The molecular weight excluding hydrogens is 230 g/mol. The van der Waals surface area contributed by atoms with Crippen molar-refractivity contribution >= 4 is 11.9 Å². The van der Waals surface area contributed by atoms with Crippen LogP contribution in [0.5, 0.6) is 0 Å². The average molecular weight is 239 g/mol. The van der Waals surface area contributed by atoms with Gasteiger partial charge in [0.25, 0.3) is 0 Å². The summed E-state index contributed by atoms with van der Waals surface area (Å²) in [6.07, 6.45) is -2.76. The maximum absolute atomic E-state index is 12.9. The molecule has 0 amide bonds. The summed E-state index contributed by atoms with van der Waals surface area (Å²) >= 11 is 1.26. The summed E-state index contributed by atoms with van der Waals surface area (Å²) in [6.45, 7) is 0.196. The molecule has 15 heavy (non-hydrogen) atoms. The SMILES string of the molecule is CSNCc1cc(F)cc(C(F)(F)F)c1. The van der Waals surface area contributed by atoms with Gasteiger partial charge >= 0.3 is 6.18 Å². The lowest BCUT2D eigenvalue weighted by atomic mass is 10.1. The number of hydrogen-bond acceptors (Lipinski definition) is 2. The normalized spacial score (nSPS) is 11.8. The van der Waals surface area contributed by atoms with Crippen LogP contribution in [-0.2, 0) is 12.7 Å². The van der Waals surface area contributed by atoms with Crippen molar-refractivity contribution in [2.24, 2.45) is 0 Å². The molecule has 0 saturated heterocycles. The second-order valence-electron chi connectivity index (χ2n) is 2.87. The first-order chi connectivity index (χ1) is 6.93. The third-order valence-electron chi connectivity index (χ3n) is 1.71. The maximum Gasteiger partial charge on any atom is 0.416 e. The van der Waals surface area contributed by atoms with E-state index in [1.165, 1.54) is 11.9 Å². The lowest BCUT2D eigenvalue weighted by Gasteiger charge is -2.09. The van der Waals surface area contributed by atoms with E-state index in [1.54, 1.807) is 6.26 Å². The van der Waals surface area contributed by atoms with Crippen LogP contribution in [0.3, 0.4) is 0 Å². The van der Waals surface area contributed by atoms with Gasteiger partial charge in [-0.3, -0.25) is 4.72 Å². The Hall–Kier alpha value is -0.750. The second-order valence-corrected chi connectivity index (χ2v) is 3.57. The van der Waals surface area contributed by atoms with Crippen molar-refractivity contribution in [1.29, 1.82) is 0 Å². The van der Waals surface area contributed by atoms with E-state index in [2.05, 4.69) is 4.72 Å². The molecule has 0 aliphatic carbocycles. The van der Waals surface area contributed by atoms with E-state index in [0.717, 1.165) is 12.1 Å². The Morgan fingerprint density at radius 3 is 2.47 bits per heavy atom. The van der Waals surface area contributed by atoms with Crippen LogP contribution < -0.4 is 4.72 Å². The van der Waals surface area contributed by atoms with Crippen molar-refractivity contribution < 1.29 is 17.6 Å². The molecule has 1 aromatic carbocycles. The minimum Gasteiger partial charge on any atom is -0.260 e. The van der Waals surface area contributed by atoms with Crippen LogP contribution in [0, 0.1) is 5.82 Å². The Morgan fingerprint density at radius 2 is 1.93 bits per heavy atom. The molecule has 1 N–H and O–H groups in total. The molecule has 0 fully saturated rings. The van der Waals surface area contributed by atoms with Gasteiger partial charge in [-0.15, -0.1) is 0 Å². The molecule has 0 aliphatic heterocycles. The van der Waals surface area contributed by atoms with E-state index in [1.807, 2.05) is 0 Å². The molecule has 0 unspecified atom stereocenters. The Morgan fingerprint density at radius 1 is 1.27 bits per heavy atom. The number of benzene rings is 1. The first-order valence-corrected chi connectivity index (χ1v) is 5.28. The Balaban J connectivity index is 2.95. The highest BCUT2D eigenvalue weighted by Gasteiger charge is 2.31. The number of alkyl halides is 3. The fourth-order valence-electron chi connectivity index (χ4n) is 1.07. The Bertz CT molecular complexity index is 337. The van der Waals surface area contributed by atoms with Crippen molar-refractivity contribution in [3.05, 3.63) is 35.1 Å². The van der Waals surface area contributed by atoms with Gasteiger partial charge in [-0.1, -0.05) is 11.9 Å². The molecule has 0 bridgehead atoms. The van der Waals surface area contributed by atoms with E-state index in [-0.39, 0.29) is 12.1 Å². The van der Waals surface area contributed by atoms with Gasteiger partial charge < -0.3 is 0 Å². The first kappa shape index (κ1) is 12.3. The van der Waals surface area contributed by atoms with Crippen molar-refractivity contribution in [3.8, 4) is 0 Å². The molecule has 0 heterocycles. The van der Waals surface area contributed by atoms with Gasteiger partial charge in [0, 0.05) is 6.54 Å². The van der Waals surface area contributed by atoms with Gasteiger partial charge in [0.15, 0.2) is 0 Å². The summed E-state index contributed by atoms with van der Waals surface area (Å²) in [6, 6.07) is 2.51. The molecule has 84 valence electrons. The predicted octanol–water partition coefficient (Wildman–Crippen LogP) is 3.21. The zero-order chi connectivity index (χ0) is 11.5. The number of rotatable bonds is 3. The number of halogens is 4. The number of nitrogens with one attached hydrogen (secondary N) is 1. The predicted molar refractivity (Wildman–Crippen MR) is 51.8 cm³/mol. The third-order valence-corrected chi connectivity index (χ3v) is 2.14. The fourth-order valence-corrected chi connectivity index (χ4v) is 1.38. The molecule has 0 aliphatic rings. The summed E-state index contributed by atoms with van der Waals surface area (Å²) in [5.41, 5.74) is -0.683. The van der Waals surface area contributed by atoms with Gasteiger partial charge in [-0.05, 0) is 30.0 Å². The van der Waals surface area contributed by atoms with E-state index < -0.39 is 17.6 Å². The highest BCUT2D eigenvalue weighted by Crippen LogP contribution is 2.30. The van der Waals surface area contributed by atoms with Gasteiger partial charge in [0.05, 0.1) is 5.56 Å². The van der Waals surface area contributed by atoms with Crippen LogP contribution in [0.25, 0.3) is 0 Å². The summed E-state index contributed by atoms with van der Waals surface area (Å²) in [7, 11) is 0. The second kappa shape index (κ2) is 4.85. The molecule has 6 heteroatoms. The van der Waals surface area contributed by atoms with Crippen LogP contribution in [0.15, 0.2) is 18.2 Å².